The molecule has 3 aromatic rings. The van der Waals surface area contributed by atoms with Crippen molar-refractivity contribution in [3.63, 3.8) is 0 Å². The first-order valence-corrected chi connectivity index (χ1v) is 8.48. The van der Waals surface area contributed by atoms with Crippen molar-refractivity contribution in [3.05, 3.63) is 62.8 Å². The molecule has 28 heavy (non-hydrogen) atoms. The molecular formula is C18H18N6O4. The van der Waals surface area contributed by atoms with Gasteiger partial charge < -0.3 is 10.4 Å². The summed E-state index contributed by atoms with van der Waals surface area (Å²) in [7, 11) is 0. The van der Waals surface area contributed by atoms with E-state index in [1.54, 1.807) is 19.1 Å². The van der Waals surface area contributed by atoms with Crippen LogP contribution in [0.4, 0.5) is 5.82 Å². The molecule has 0 aliphatic carbocycles. The molecule has 5 N–H and O–H groups in total. The van der Waals surface area contributed by atoms with Crippen LogP contribution in [0.1, 0.15) is 18.9 Å². The molecule has 10 heteroatoms. The number of aromatic nitrogens is 3. The SMILES string of the molecule is CC[C@@H](Nc1n[nH]c(=O)[nH]c1=O)C(=O)N/N=C/c1c(O)ccc2ccccc12. The lowest BCUT2D eigenvalue weighted by Gasteiger charge is -2.14. The van der Waals surface area contributed by atoms with Gasteiger partial charge in [0.1, 0.15) is 11.8 Å². The van der Waals surface area contributed by atoms with Crippen molar-refractivity contribution in [1.82, 2.24) is 20.6 Å². The Balaban J connectivity index is 1.74. The fourth-order valence-corrected chi connectivity index (χ4v) is 2.62. The average Bonchev–Trinajstić information content (AvgIpc) is 2.69. The molecule has 0 radical (unpaired) electrons. The van der Waals surface area contributed by atoms with E-state index in [1.165, 1.54) is 6.21 Å². The number of carbonyl (C=O) groups is 1. The minimum Gasteiger partial charge on any atom is -0.507 e. The first-order valence-electron chi connectivity index (χ1n) is 8.48. The summed E-state index contributed by atoms with van der Waals surface area (Å²) < 4.78 is 0. The number of aromatic amines is 2. The second-order valence-electron chi connectivity index (χ2n) is 5.91. The van der Waals surface area contributed by atoms with Gasteiger partial charge in [0, 0.05) is 5.56 Å². The van der Waals surface area contributed by atoms with E-state index in [-0.39, 0.29) is 11.6 Å². The van der Waals surface area contributed by atoms with Gasteiger partial charge in [0.15, 0.2) is 0 Å². The summed E-state index contributed by atoms with van der Waals surface area (Å²) in [6, 6.07) is 9.98. The fourth-order valence-electron chi connectivity index (χ4n) is 2.62. The van der Waals surface area contributed by atoms with Gasteiger partial charge in [-0.15, -0.1) is 5.10 Å². The zero-order valence-electron chi connectivity index (χ0n) is 14.9. The van der Waals surface area contributed by atoms with Gasteiger partial charge >= 0.3 is 5.69 Å². The summed E-state index contributed by atoms with van der Waals surface area (Å²) in [4.78, 5) is 37.0. The Morgan fingerprint density at radius 1 is 1.29 bits per heavy atom. The minimum absolute atomic E-state index is 0.0332. The van der Waals surface area contributed by atoms with Crippen LogP contribution in [-0.4, -0.2) is 38.5 Å². The monoisotopic (exact) mass is 382 g/mol. The summed E-state index contributed by atoms with van der Waals surface area (Å²) in [5.74, 6) is -0.658. The summed E-state index contributed by atoms with van der Waals surface area (Å²) in [5.41, 5.74) is 1.36. The largest absolute Gasteiger partial charge is 0.507 e. The smallest absolute Gasteiger partial charge is 0.342 e. The van der Waals surface area contributed by atoms with Crippen LogP contribution in [0, 0.1) is 0 Å². The molecule has 0 saturated carbocycles. The van der Waals surface area contributed by atoms with Gasteiger partial charge in [-0.1, -0.05) is 37.3 Å². The molecule has 1 heterocycles. The second-order valence-corrected chi connectivity index (χ2v) is 5.91. The molecule has 0 aliphatic heterocycles. The molecule has 144 valence electrons. The lowest BCUT2D eigenvalue weighted by molar-refractivity contribution is -0.121. The van der Waals surface area contributed by atoms with Crippen molar-refractivity contribution in [3.8, 4) is 5.75 Å². The molecular weight excluding hydrogens is 364 g/mol. The standard InChI is InChI=1S/C18H18N6O4/c1-2-13(20-15-17(27)21-18(28)24-22-15)16(26)23-19-9-12-11-6-4-3-5-10(11)7-8-14(12)25/h3-9,13,25H,2H2,1H3,(H,20,22)(H,23,26)(H2,21,24,27,28)/b19-9+/t13-/m1/s1. The van der Waals surface area contributed by atoms with Crippen LogP contribution in [0.5, 0.6) is 5.75 Å². The van der Waals surface area contributed by atoms with Gasteiger partial charge in [-0.2, -0.15) is 5.10 Å². The molecule has 0 spiro atoms. The molecule has 2 aromatic carbocycles. The number of benzene rings is 2. The van der Waals surface area contributed by atoms with Crippen molar-refractivity contribution in [1.29, 1.82) is 0 Å². The first kappa shape index (κ1) is 18.8. The van der Waals surface area contributed by atoms with Gasteiger partial charge in [0.05, 0.1) is 6.21 Å². The zero-order valence-corrected chi connectivity index (χ0v) is 14.9. The maximum absolute atomic E-state index is 12.3. The Labute approximate surface area is 158 Å². The Kier molecular flexibility index (Phi) is 5.49. The number of fused-ring (bicyclic) bond motifs is 1. The number of hydrogen-bond acceptors (Lipinski definition) is 7. The third-order valence-corrected chi connectivity index (χ3v) is 4.06. The van der Waals surface area contributed by atoms with Crippen LogP contribution in [0.3, 0.4) is 0 Å². The number of phenolic OH excluding ortho intramolecular Hbond substituents is 1. The van der Waals surface area contributed by atoms with E-state index < -0.39 is 23.2 Å². The van der Waals surface area contributed by atoms with Crippen molar-refractivity contribution in [2.45, 2.75) is 19.4 Å². The number of hydrazone groups is 1. The van der Waals surface area contributed by atoms with Gasteiger partial charge in [-0.05, 0) is 23.3 Å². The second kappa shape index (κ2) is 8.16. The fraction of sp³-hybridized carbons (Fsp3) is 0.167. The summed E-state index contributed by atoms with van der Waals surface area (Å²) in [6.07, 6.45) is 1.69. The topological polar surface area (TPSA) is 152 Å². The number of anilines is 1. The number of amides is 1. The molecule has 0 fully saturated rings. The van der Waals surface area contributed by atoms with Gasteiger partial charge in [0.2, 0.25) is 5.82 Å². The van der Waals surface area contributed by atoms with E-state index in [2.05, 4.69) is 26.0 Å². The van der Waals surface area contributed by atoms with Gasteiger partial charge in [-0.3, -0.25) is 14.6 Å². The van der Waals surface area contributed by atoms with Crippen LogP contribution >= 0.6 is 0 Å². The molecule has 0 bridgehead atoms. The molecule has 1 amide bonds. The highest BCUT2D eigenvalue weighted by molar-refractivity contribution is 6.02. The highest BCUT2D eigenvalue weighted by Crippen LogP contribution is 2.25. The van der Waals surface area contributed by atoms with Crippen LogP contribution in [-0.2, 0) is 4.79 Å². The average molecular weight is 382 g/mol. The number of carbonyl (C=O) groups excluding carboxylic acids is 1. The zero-order chi connectivity index (χ0) is 20.1. The van der Waals surface area contributed by atoms with Crippen molar-refractivity contribution >= 4 is 28.7 Å². The summed E-state index contributed by atoms with van der Waals surface area (Å²) >= 11 is 0. The Hall–Kier alpha value is -3.95. The van der Waals surface area contributed by atoms with Crippen LogP contribution < -0.4 is 22.0 Å². The molecule has 10 nitrogen and oxygen atoms in total. The highest BCUT2D eigenvalue weighted by Gasteiger charge is 2.18. The molecule has 0 aliphatic rings. The molecule has 0 unspecified atom stereocenters. The number of H-pyrrole nitrogens is 2. The van der Waals surface area contributed by atoms with E-state index in [1.807, 2.05) is 29.2 Å². The lowest BCUT2D eigenvalue weighted by atomic mass is 10.0. The maximum atomic E-state index is 12.3. The predicted molar refractivity (Wildman–Crippen MR) is 105 cm³/mol. The van der Waals surface area contributed by atoms with Gasteiger partial charge in [-0.25, -0.2) is 15.3 Å². The minimum atomic E-state index is -0.808. The molecule has 1 atom stereocenters. The van der Waals surface area contributed by atoms with E-state index in [9.17, 15) is 19.5 Å². The van der Waals surface area contributed by atoms with E-state index >= 15 is 0 Å². The molecule has 0 saturated heterocycles. The van der Waals surface area contributed by atoms with Crippen LogP contribution in [0.2, 0.25) is 0 Å². The van der Waals surface area contributed by atoms with E-state index in [0.717, 1.165) is 10.8 Å². The lowest BCUT2D eigenvalue weighted by Crippen LogP contribution is -2.39. The normalized spacial score (nSPS) is 12.2. The van der Waals surface area contributed by atoms with Crippen LogP contribution in [0.25, 0.3) is 10.8 Å². The van der Waals surface area contributed by atoms with Crippen molar-refractivity contribution in [2.75, 3.05) is 5.32 Å². The maximum Gasteiger partial charge on any atom is 0.342 e. The van der Waals surface area contributed by atoms with E-state index in [4.69, 9.17) is 0 Å². The quantitative estimate of drug-likeness (QED) is 0.312. The highest BCUT2D eigenvalue weighted by atomic mass is 16.3. The molecule has 3 rings (SSSR count). The number of aromatic hydroxyl groups is 1. The van der Waals surface area contributed by atoms with Gasteiger partial charge in [0.25, 0.3) is 11.5 Å². The molecule has 1 aromatic heterocycles. The first-order chi connectivity index (χ1) is 13.5. The number of phenols is 1. The summed E-state index contributed by atoms with van der Waals surface area (Å²) in [6.45, 7) is 1.73. The predicted octanol–water partition coefficient (Wildman–Crippen LogP) is 0.658. The van der Waals surface area contributed by atoms with Crippen molar-refractivity contribution < 1.29 is 9.90 Å². The third kappa shape index (κ3) is 4.06. The Bertz CT molecular complexity index is 1150. The van der Waals surface area contributed by atoms with Crippen molar-refractivity contribution in [2.24, 2.45) is 5.10 Å². The number of nitrogens with zero attached hydrogens (tertiary/aromatic N) is 2. The third-order valence-electron chi connectivity index (χ3n) is 4.06. The summed E-state index contributed by atoms with van der Waals surface area (Å²) in [5, 5.41) is 24.0. The number of rotatable bonds is 6. The Morgan fingerprint density at radius 3 is 2.82 bits per heavy atom. The number of nitrogens with one attached hydrogen (secondary N) is 4. The number of hydrogen-bond donors (Lipinski definition) is 5. The Morgan fingerprint density at radius 2 is 2.07 bits per heavy atom. The van der Waals surface area contributed by atoms with E-state index in [0.29, 0.717) is 12.0 Å². The van der Waals surface area contributed by atoms with Crippen LogP contribution in [0.15, 0.2) is 51.1 Å².